The van der Waals surface area contributed by atoms with Crippen molar-refractivity contribution in [3.05, 3.63) is 29.8 Å². The van der Waals surface area contributed by atoms with Gasteiger partial charge in [-0.25, -0.2) is 0 Å². The molecule has 15 heavy (non-hydrogen) atoms. The highest BCUT2D eigenvalue weighted by Crippen LogP contribution is 2.20. The van der Waals surface area contributed by atoms with Crippen molar-refractivity contribution >= 4 is 12.6 Å². The molecule has 0 bridgehead atoms. The Kier molecular flexibility index (Phi) is 4.86. The molecule has 0 aliphatic heterocycles. The molecule has 0 saturated carbocycles. The van der Waals surface area contributed by atoms with Crippen LogP contribution in [0.25, 0.3) is 0 Å². The van der Waals surface area contributed by atoms with Gasteiger partial charge < -0.3 is 10.0 Å². The first-order valence-electron chi connectivity index (χ1n) is 5.61. The lowest BCUT2D eigenvalue weighted by atomic mass is 9.79. The van der Waals surface area contributed by atoms with E-state index < -0.39 is 7.12 Å². The van der Waals surface area contributed by atoms with E-state index in [1.807, 2.05) is 12.1 Å². The third-order valence-corrected chi connectivity index (χ3v) is 2.79. The minimum Gasteiger partial charge on any atom is -0.423 e. The van der Waals surface area contributed by atoms with E-state index in [2.05, 4.69) is 13.8 Å². The molecule has 0 heterocycles. The number of hydrogen-bond acceptors (Lipinski definition) is 2. The summed E-state index contributed by atoms with van der Waals surface area (Å²) >= 11 is 0. The van der Waals surface area contributed by atoms with Gasteiger partial charge in [-0.1, -0.05) is 51.0 Å². The molecule has 2 nitrogen and oxygen atoms in total. The Morgan fingerprint density at radius 3 is 2.27 bits per heavy atom. The standard InChI is InChI=1S/C12H19BO2/c1-3-4-5-10(2)11-6-8-12(9-7-11)13(14)15/h6-10,14-15H,3-5H2,1-2H3. The normalized spacial score (nSPS) is 12.5. The van der Waals surface area contributed by atoms with Crippen LogP contribution in [0, 0.1) is 0 Å². The molecular weight excluding hydrogens is 187 g/mol. The Hall–Kier alpha value is -0.795. The molecule has 1 atom stereocenters. The zero-order valence-electron chi connectivity index (χ0n) is 9.48. The fraction of sp³-hybridized carbons (Fsp3) is 0.500. The number of unbranched alkanes of at least 4 members (excludes halogenated alkanes) is 1. The van der Waals surface area contributed by atoms with Crippen molar-refractivity contribution in [2.45, 2.75) is 39.0 Å². The molecule has 0 radical (unpaired) electrons. The second kappa shape index (κ2) is 5.94. The lowest BCUT2D eigenvalue weighted by Crippen LogP contribution is -2.29. The SMILES string of the molecule is CCCCC(C)c1ccc(B(O)O)cc1. The van der Waals surface area contributed by atoms with Crippen LogP contribution >= 0.6 is 0 Å². The highest BCUT2D eigenvalue weighted by molar-refractivity contribution is 6.58. The molecule has 0 spiro atoms. The molecule has 2 N–H and O–H groups in total. The van der Waals surface area contributed by atoms with Gasteiger partial charge >= 0.3 is 7.12 Å². The average Bonchev–Trinajstić information content (AvgIpc) is 2.26. The van der Waals surface area contributed by atoms with Gasteiger partial charge in [-0.15, -0.1) is 0 Å². The molecular formula is C12H19BO2. The van der Waals surface area contributed by atoms with Crippen LogP contribution in [0.15, 0.2) is 24.3 Å². The van der Waals surface area contributed by atoms with Crippen LogP contribution in [0.4, 0.5) is 0 Å². The average molecular weight is 206 g/mol. The van der Waals surface area contributed by atoms with Crippen molar-refractivity contribution in [2.75, 3.05) is 0 Å². The first-order chi connectivity index (χ1) is 7.15. The molecule has 1 rings (SSSR count). The van der Waals surface area contributed by atoms with Crippen molar-refractivity contribution < 1.29 is 10.0 Å². The van der Waals surface area contributed by atoms with Gasteiger partial charge in [0.2, 0.25) is 0 Å². The molecule has 0 aromatic heterocycles. The predicted molar refractivity (Wildman–Crippen MR) is 64.2 cm³/mol. The van der Waals surface area contributed by atoms with Crippen LogP contribution in [0.1, 0.15) is 44.6 Å². The van der Waals surface area contributed by atoms with Crippen molar-refractivity contribution in [3.8, 4) is 0 Å². The summed E-state index contributed by atoms with van der Waals surface area (Å²) in [6.45, 7) is 4.40. The maximum absolute atomic E-state index is 8.95. The summed E-state index contributed by atoms with van der Waals surface area (Å²) in [6, 6.07) is 7.52. The Balaban J connectivity index is 2.62. The predicted octanol–water partition coefficient (Wildman–Crippen LogP) is 1.66. The maximum atomic E-state index is 8.95. The number of benzene rings is 1. The highest BCUT2D eigenvalue weighted by Gasteiger charge is 2.11. The largest absolute Gasteiger partial charge is 0.488 e. The van der Waals surface area contributed by atoms with Gasteiger partial charge in [0, 0.05) is 0 Å². The number of hydrogen-bond donors (Lipinski definition) is 2. The van der Waals surface area contributed by atoms with Crippen molar-refractivity contribution in [1.29, 1.82) is 0 Å². The first-order valence-corrected chi connectivity index (χ1v) is 5.61. The zero-order valence-corrected chi connectivity index (χ0v) is 9.48. The molecule has 0 saturated heterocycles. The van der Waals surface area contributed by atoms with Gasteiger partial charge in [-0.05, 0) is 23.4 Å². The monoisotopic (exact) mass is 206 g/mol. The summed E-state index contributed by atoms with van der Waals surface area (Å²) in [7, 11) is -1.36. The van der Waals surface area contributed by atoms with Crippen LogP contribution in [-0.2, 0) is 0 Å². The summed E-state index contributed by atoms with van der Waals surface area (Å²) in [4.78, 5) is 0. The molecule has 1 unspecified atom stereocenters. The van der Waals surface area contributed by atoms with Crippen LogP contribution < -0.4 is 5.46 Å². The minimum atomic E-state index is -1.36. The Labute approximate surface area is 92.1 Å². The van der Waals surface area contributed by atoms with Gasteiger partial charge in [0.1, 0.15) is 0 Å². The number of rotatable bonds is 5. The second-order valence-electron chi connectivity index (χ2n) is 4.08. The van der Waals surface area contributed by atoms with E-state index in [1.165, 1.54) is 24.8 Å². The molecule has 0 amide bonds. The van der Waals surface area contributed by atoms with Gasteiger partial charge in [0.25, 0.3) is 0 Å². The van der Waals surface area contributed by atoms with Crippen molar-refractivity contribution in [1.82, 2.24) is 0 Å². The fourth-order valence-electron chi connectivity index (χ4n) is 1.67. The quantitative estimate of drug-likeness (QED) is 0.719. The van der Waals surface area contributed by atoms with E-state index in [4.69, 9.17) is 10.0 Å². The van der Waals surface area contributed by atoms with Crippen LogP contribution in [0.5, 0.6) is 0 Å². The van der Waals surface area contributed by atoms with E-state index in [0.717, 1.165) is 0 Å². The second-order valence-corrected chi connectivity index (χ2v) is 4.08. The van der Waals surface area contributed by atoms with E-state index in [0.29, 0.717) is 11.4 Å². The van der Waals surface area contributed by atoms with E-state index in [-0.39, 0.29) is 0 Å². The molecule has 3 heteroatoms. The lowest BCUT2D eigenvalue weighted by Gasteiger charge is -2.11. The summed E-state index contributed by atoms with van der Waals surface area (Å²) < 4.78 is 0. The molecule has 1 aromatic carbocycles. The van der Waals surface area contributed by atoms with Gasteiger partial charge in [-0.3, -0.25) is 0 Å². The minimum absolute atomic E-state index is 0.551. The van der Waals surface area contributed by atoms with E-state index >= 15 is 0 Å². The van der Waals surface area contributed by atoms with Crippen molar-refractivity contribution in [3.63, 3.8) is 0 Å². The third kappa shape index (κ3) is 3.69. The Morgan fingerprint density at radius 1 is 1.20 bits per heavy atom. The van der Waals surface area contributed by atoms with Gasteiger partial charge in [0.05, 0.1) is 0 Å². The van der Waals surface area contributed by atoms with Crippen LogP contribution in [-0.4, -0.2) is 17.2 Å². The molecule has 0 aliphatic rings. The molecule has 82 valence electrons. The smallest absolute Gasteiger partial charge is 0.423 e. The summed E-state index contributed by atoms with van der Waals surface area (Å²) in [5, 5.41) is 17.9. The van der Waals surface area contributed by atoms with E-state index in [9.17, 15) is 0 Å². The van der Waals surface area contributed by atoms with Crippen LogP contribution in [0.3, 0.4) is 0 Å². The fourth-order valence-corrected chi connectivity index (χ4v) is 1.67. The highest BCUT2D eigenvalue weighted by atomic mass is 16.4. The Bertz CT molecular complexity index is 282. The molecule has 0 aliphatic carbocycles. The summed E-state index contributed by atoms with van der Waals surface area (Å²) in [5.41, 5.74) is 1.83. The van der Waals surface area contributed by atoms with Crippen LogP contribution in [0.2, 0.25) is 0 Å². The summed E-state index contributed by atoms with van der Waals surface area (Å²) in [5.74, 6) is 0.551. The van der Waals surface area contributed by atoms with Gasteiger partial charge in [0.15, 0.2) is 0 Å². The Morgan fingerprint density at radius 2 is 1.80 bits per heavy atom. The third-order valence-electron chi connectivity index (χ3n) is 2.79. The molecule has 1 aromatic rings. The summed E-state index contributed by atoms with van der Waals surface area (Å²) in [6.07, 6.45) is 3.65. The first kappa shape index (κ1) is 12.3. The van der Waals surface area contributed by atoms with Crippen molar-refractivity contribution in [2.24, 2.45) is 0 Å². The maximum Gasteiger partial charge on any atom is 0.488 e. The lowest BCUT2D eigenvalue weighted by molar-refractivity contribution is 0.426. The van der Waals surface area contributed by atoms with E-state index in [1.54, 1.807) is 12.1 Å². The topological polar surface area (TPSA) is 40.5 Å². The van der Waals surface area contributed by atoms with Gasteiger partial charge in [-0.2, -0.15) is 0 Å². The zero-order chi connectivity index (χ0) is 11.3. The molecule has 0 fully saturated rings.